The van der Waals surface area contributed by atoms with Crippen LogP contribution in [0.2, 0.25) is 0 Å². The second-order valence-corrected chi connectivity index (χ2v) is 8.80. The van der Waals surface area contributed by atoms with E-state index < -0.39 is 0 Å². The first-order chi connectivity index (χ1) is 16.3. The molecule has 2 aliphatic heterocycles. The van der Waals surface area contributed by atoms with Gasteiger partial charge in [0.15, 0.2) is 11.6 Å². The molecule has 0 unspecified atom stereocenters. The van der Waals surface area contributed by atoms with Crippen molar-refractivity contribution >= 4 is 22.5 Å². The number of fused-ring (bicyclic) bond motifs is 2. The average Bonchev–Trinajstić information content (AvgIpc) is 3.36. The Kier molecular flexibility index (Phi) is 5.55. The van der Waals surface area contributed by atoms with E-state index in [2.05, 4.69) is 42.3 Å². The largest absolute Gasteiger partial charge is 0.488 e. The first-order valence-electron chi connectivity index (χ1n) is 11.8. The number of anilines is 2. The molecule has 6 rings (SSSR count). The van der Waals surface area contributed by atoms with Crippen molar-refractivity contribution in [3.8, 4) is 11.5 Å². The van der Waals surface area contributed by atoms with Crippen molar-refractivity contribution in [3.05, 3.63) is 36.5 Å². The minimum Gasteiger partial charge on any atom is -0.488 e. The summed E-state index contributed by atoms with van der Waals surface area (Å²) in [5.41, 5.74) is 3.81. The van der Waals surface area contributed by atoms with Gasteiger partial charge in [-0.05, 0) is 31.7 Å². The molecule has 0 amide bonds. The standard InChI is InChI=1S/C24H28N6O3/c1-3-18(4-2-16(1)29-24-23-19(5-10-32-23)27-15-28-24)33-21-14-17(30-8-11-31-12-9-30)13-20-22(21)26-7-6-25-20/h6-7,13-16,18H,1-5,8-12H2,(H,27,28,29). The second kappa shape index (κ2) is 8.97. The van der Waals surface area contributed by atoms with E-state index >= 15 is 0 Å². The molecular weight excluding hydrogens is 420 g/mol. The maximum absolute atomic E-state index is 6.53. The highest BCUT2D eigenvalue weighted by atomic mass is 16.5. The summed E-state index contributed by atoms with van der Waals surface area (Å²) in [5.74, 6) is 2.46. The number of morpholine rings is 1. The zero-order chi connectivity index (χ0) is 22.0. The first kappa shape index (κ1) is 20.4. The smallest absolute Gasteiger partial charge is 0.183 e. The highest BCUT2D eigenvalue weighted by Crippen LogP contribution is 2.35. The third-order valence-corrected chi connectivity index (χ3v) is 6.67. The van der Waals surface area contributed by atoms with Gasteiger partial charge >= 0.3 is 0 Å². The third-order valence-electron chi connectivity index (χ3n) is 6.67. The maximum atomic E-state index is 6.53. The van der Waals surface area contributed by atoms with Gasteiger partial charge in [0.2, 0.25) is 0 Å². The normalized spacial score (nSPS) is 22.6. The van der Waals surface area contributed by atoms with Crippen LogP contribution < -0.4 is 19.7 Å². The zero-order valence-electron chi connectivity index (χ0n) is 18.6. The molecule has 0 atom stereocenters. The predicted octanol–water partition coefficient (Wildman–Crippen LogP) is 2.99. The molecule has 1 aliphatic carbocycles. The molecule has 3 aromatic rings. The molecule has 4 heterocycles. The van der Waals surface area contributed by atoms with E-state index in [1.807, 2.05) is 0 Å². The van der Waals surface area contributed by atoms with E-state index in [-0.39, 0.29) is 6.10 Å². The highest BCUT2D eigenvalue weighted by Gasteiger charge is 2.26. The van der Waals surface area contributed by atoms with Gasteiger partial charge in [0, 0.05) is 49.7 Å². The van der Waals surface area contributed by atoms with Gasteiger partial charge < -0.3 is 24.4 Å². The number of nitrogens with zero attached hydrogens (tertiary/aromatic N) is 5. The first-order valence-corrected chi connectivity index (χ1v) is 11.8. The van der Waals surface area contributed by atoms with Crippen molar-refractivity contribution in [2.75, 3.05) is 43.1 Å². The van der Waals surface area contributed by atoms with Gasteiger partial charge in [0.05, 0.1) is 37.1 Å². The molecule has 1 N–H and O–H groups in total. The predicted molar refractivity (Wildman–Crippen MR) is 124 cm³/mol. The van der Waals surface area contributed by atoms with Crippen LogP contribution in [0.4, 0.5) is 11.5 Å². The summed E-state index contributed by atoms with van der Waals surface area (Å²) in [6, 6.07) is 4.57. The van der Waals surface area contributed by atoms with Crippen LogP contribution in [0.5, 0.6) is 11.5 Å². The molecule has 0 radical (unpaired) electrons. The lowest BCUT2D eigenvalue weighted by atomic mass is 9.93. The summed E-state index contributed by atoms with van der Waals surface area (Å²) in [5, 5.41) is 3.57. The summed E-state index contributed by atoms with van der Waals surface area (Å²) in [4.78, 5) is 20.2. The molecule has 3 aliphatic rings. The molecule has 1 saturated heterocycles. The van der Waals surface area contributed by atoms with Crippen molar-refractivity contribution in [1.29, 1.82) is 0 Å². The lowest BCUT2D eigenvalue weighted by molar-refractivity contribution is 0.122. The zero-order valence-corrected chi connectivity index (χ0v) is 18.6. The molecule has 0 spiro atoms. The van der Waals surface area contributed by atoms with Crippen LogP contribution in [0.15, 0.2) is 30.9 Å². The van der Waals surface area contributed by atoms with Crippen LogP contribution in [0.25, 0.3) is 11.0 Å². The molecule has 9 nitrogen and oxygen atoms in total. The lowest BCUT2D eigenvalue weighted by Crippen LogP contribution is -2.36. The van der Waals surface area contributed by atoms with Crippen molar-refractivity contribution in [2.45, 2.75) is 44.2 Å². The number of ether oxygens (including phenoxy) is 3. The van der Waals surface area contributed by atoms with E-state index in [1.165, 1.54) is 0 Å². The quantitative estimate of drug-likeness (QED) is 0.632. The van der Waals surface area contributed by atoms with Crippen LogP contribution in [-0.4, -0.2) is 65.0 Å². The number of rotatable bonds is 5. The number of nitrogens with one attached hydrogen (secondary N) is 1. The minimum absolute atomic E-state index is 0.153. The SMILES string of the molecule is c1nc2c(c(NC3CCC(Oc4cc(N5CCOCC5)cc5nccnc45)CC3)n1)OCC2. The fourth-order valence-electron chi connectivity index (χ4n) is 4.91. The molecule has 172 valence electrons. The summed E-state index contributed by atoms with van der Waals surface area (Å²) in [6.45, 7) is 3.92. The number of aromatic nitrogens is 4. The fraction of sp³-hybridized carbons (Fsp3) is 0.500. The molecule has 2 fully saturated rings. The molecule has 2 aromatic heterocycles. The van der Waals surface area contributed by atoms with Crippen LogP contribution in [0.3, 0.4) is 0 Å². The van der Waals surface area contributed by atoms with E-state index in [0.717, 1.165) is 98.1 Å². The highest BCUT2D eigenvalue weighted by molar-refractivity contribution is 5.85. The van der Waals surface area contributed by atoms with Crippen molar-refractivity contribution in [2.24, 2.45) is 0 Å². The fourth-order valence-corrected chi connectivity index (χ4v) is 4.91. The van der Waals surface area contributed by atoms with E-state index in [1.54, 1.807) is 18.7 Å². The molecule has 33 heavy (non-hydrogen) atoms. The number of benzene rings is 1. The Morgan fingerprint density at radius 2 is 1.79 bits per heavy atom. The molecule has 9 heteroatoms. The molecule has 1 aromatic carbocycles. The van der Waals surface area contributed by atoms with Crippen molar-refractivity contribution < 1.29 is 14.2 Å². The molecule has 1 saturated carbocycles. The van der Waals surface area contributed by atoms with Gasteiger partial charge in [-0.1, -0.05) is 0 Å². The summed E-state index contributed by atoms with van der Waals surface area (Å²) in [6.07, 6.45) is 10.1. The Bertz CT molecular complexity index is 1130. The lowest BCUT2D eigenvalue weighted by Gasteiger charge is -2.31. The van der Waals surface area contributed by atoms with E-state index in [9.17, 15) is 0 Å². The van der Waals surface area contributed by atoms with Crippen molar-refractivity contribution in [3.63, 3.8) is 0 Å². The average molecular weight is 449 g/mol. The maximum Gasteiger partial charge on any atom is 0.183 e. The van der Waals surface area contributed by atoms with E-state index in [4.69, 9.17) is 14.2 Å². The van der Waals surface area contributed by atoms with E-state index in [0.29, 0.717) is 12.6 Å². The van der Waals surface area contributed by atoms with Crippen LogP contribution >= 0.6 is 0 Å². The topological polar surface area (TPSA) is 94.5 Å². The third kappa shape index (κ3) is 4.25. The van der Waals surface area contributed by atoms with Crippen molar-refractivity contribution in [1.82, 2.24) is 19.9 Å². The van der Waals surface area contributed by atoms with Gasteiger partial charge in [-0.2, -0.15) is 0 Å². The van der Waals surface area contributed by atoms with Crippen LogP contribution in [0, 0.1) is 0 Å². The van der Waals surface area contributed by atoms with Crippen LogP contribution in [0.1, 0.15) is 31.4 Å². The van der Waals surface area contributed by atoms with Gasteiger partial charge in [0.1, 0.15) is 17.6 Å². The van der Waals surface area contributed by atoms with Gasteiger partial charge in [-0.15, -0.1) is 0 Å². The Morgan fingerprint density at radius 1 is 0.939 bits per heavy atom. The Balaban J connectivity index is 1.15. The molecule has 0 bridgehead atoms. The number of hydrogen-bond donors (Lipinski definition) is 1. The Hall–Kier alpha value is -3.20. The van der Waals surface area contributed by atoms with Gasteiger partial charge in [-0.25, -0.2) is 15.0 Å². The summed E-state index contributed by atoms with van der Waals surface area (Å²) < 4.78 is 17.8. The van der Waals surface area contributed by atoms with Crippen LogP contribution in [-0.2, 0) is 11.2 Å². The number of hydrogen-bond acceptors (Lipinski definition) is 9. The minimum atomic E-state index is 0.153. The monoisotopic (exact) mass is 448 g/mol. The summed E-state index contributed by atoms with van der Waals surface area (Å²) >= 11 is 0. The Labute approximate surface area is 192 Å². The van der Waals surface area contributed by atoms with Gasteiger partial charge in [-0.3, -0.25) is 4.98 Å². The van der Waals surface area contributed by atoms with Gasteiger partial charge in [0.25, 0.3) is 0 Å². The molecular formula is C24H28N6O3. The summed E-state index contributed by atoms with van der Waals surface area (Å²) in [7, 11) is 0. The second-order valence-electron chi connectivity index (χ2n) is 8.80. The Morgan fingerprint density at radius 3 is 2.67 bits per heavy atom.